The Bertz CT molecular complexity index is 1250. The number of likely N-dealkylation sites (N-methyl/N-ethyl adjacent to an activating group) is 1. The topological polar surface area (TPSA) is 102 Å². The molecule has 0 spiro atoms. The first kappa shape index (κ1) is 20.8. The van der Waals surface area contributed by atoms with Gasteiger partial charge in [-0.25, -0.2) is 15.0 Å². The summed E-state index contributed by atoms with van der Waals surface area (Å²) >= 11 is 3.49. The zero-order valence-corrected chi connectivity index (χ0v) is 19.0. The van der Waals surface area contributed by atoms with Gasteiger partial charge in [-0.05, 0) is 30.8 Å². The minimum absolute atomic E-state index is 0.176. The summed E-state index contributed by atoms with van der Waals surface area (Å²) in [6.07, 6.45) is 3.79. The summed E-state index contributed by atoms with van der Waals surface area (Å²) in [5.74, 6) is 0.863. The molecule has 1 N–H and O–H groups in total. The molecule has 9 nitrogen and oxygen atoms in total. The van der Waals surface area contributed by atoms with Gasteiger partial charge in [-0.1, -0.05) is 15.9 Å². The minimum Gasteiger partial charge on any atom is -0.492 e. The van der Waals surface area contributed by atoms with Gasteiger partial charge in [0, 0.05) is 42.8 Å². The number of carbonyl (C=O) groups excluding carboxylic acids is 1. The molecule has 2 aliphatic rings. The van der Waals surface area contributed by atoms with E-state index in [1.807, 2.05) is 13.1 Å². The molecular weight excluding hydrogens is 476 g/mol. The molecule has 0 radical (unpaired) electrons. The second-order valence-electron chi connectivity index (χ2n) is 7.91. The summed E-state index contributed by atoms with van der Waals surface area (Å²) in [7, 11) is 1.96. The third kappa shape index (κ3) is 3.91. The molecule has 164 valence electrons. The van der Waals surface area contributed by atoms with Crippen LogP contribution in [0.25, 0.3) is 11.4 Å². The quantitative estimate of drug-likeness (QED) is 0.589. The van der Waals surface area contributed by atoms with Gasteiger partial charge in [0.15, 0.2) is 0 Å². The van der Waals surface area contributed by atoms with Crippen molar-refractivity contribution in [3.05, 3.63) is 68.6 Å². The molecule has 1 amide bonds. The van der Waals surface area contributed by atoms with Gasteiger partial charge in [-0.3, -0.25) is 14.2 Å². The Balaban J connectivity index is 1.54. The molecule has 4 heterocycles. The van der Waals surface area contributed by atoms with E-state index in [1.165, 1.54) is 12.4 Å². The monoisotopic (exact) mass is 496 g/mol. The number of nitrogens with one attached hydrogen (secondary N) is 1. The predicted molar refractivity (Wildman–Crippen MR) is 121 cm³/mol. The maximum absolute atomic E-state index is 13.3. The Morgan fingerprint density at radius 2 is 2.12 bits per heavy atom. The van der Waals surface area contributed by atoms with Crippen molar-refractivity contribution in [3.63, 3.8) is 0 Å². The fourth-order valence-electron chi connectivity index (χ4n) is 4.13. The van der Waals surface area contributed by atoms with Crippen molar-refractivity contribution in [1.82, 2.24) is 29.7 Å². The number of halogens is 1. The maximum atomic E-state index is 13.3. The van der Waals surface area contributed by atoms with Gasteiger partial charge in [-0.15, -0.1) is 0 Å². The highest BCUT2D eigenvalue weighted by molar-refractivity contribution is 9.10. The second-order valence-corrected chi connectivity index (χ2v) is 8.83. The van der Waals surface area contributed by atoms with Crippen LogP contribution >= 0.6 is 15.9 Å². The van der Waals surface area contributed by atoms with Gasteiger partial charge in [-0.2, -0.15) is 0 Å². The number of hydrogen-bond acceptors (Lipinski definition) is 7. The molecule has 0 aliphatic carbocycles. The summed E-state index contributed by atoms with van der Waals surface area (Å²) in [5.41, 5.74) is 2.31. The molecule has 0 saturated heterocycles. The van der Waals surface area contributed by atoms with Crippen molar-refractivity contribution in [2.75, 3.05) is 26.7 Å². The van der Waals surface area contributed by atoms with Crippen molar-refractivity contribution in [2.45, 2.75) is 19.0 Å². The molecular formula is C22H21BrN6O3. The van der Waals surface area contributed by atoms with Crippen LogP contribution in [-0.2, 0) is 13.0 Å². The molecule has 1 aromatic carbocycles. The van der Waals surface area contributed by atoms with Crippen LogP contribution in [-0.4, -0.2) is 57.1 Å². The Kier molecular flexibility index (Phi) is 5.48. The van der Waals surface area contributed by atoms with Crippen LogP contribution in [0, 0.1) is 0 Å². The van der Waals surface area contributed by atoms with Crippen molar-refractivity contribution in [3.8, 4) is 17.1 Å². The number of fused-ring (bicyclic) bond motifs is 2. The van der Waals surface area contributed by atoms with Crippen LogP contribution < -0.4 is 15.6 Å². The second kappa shape index (κ2) is 8.44. The summed E-state index contributed by atoms with van der Waals surface area (Å²) in [6.45, 7) is 2.23. The van der Waals surface area contributed by atoms with Crippen LogP contribution in [0.2, 0.25) is 0 Å². The molecule has 1 unspecified atom stereocenters. The van der Waals surface area contributed by atoms with E-state index in [2.05, 4.69) is 36.1 Å². The zero-order valence-electron chi connectivity index (χ0n) is 17.4. The lowest BCUT2D eigenvalue weighted by Gasteiger charge is -2.22. The minimum atomic E-state index is -0.486. The lowest BCUT2D eigenvalue weighted by atomic mass is 10.1. The number of amides is 1. The Hall–Kier alpha value is -3.11. The number of hydrogen-bond donors (Lipinski definition) is 1. The largest absolute Gasteiger partial charge is 0.492 e. The van der Waals surface area contributed by atoms with Gasteiger partial charge < -0.3 is 15.0 Å². The summed E-state index contributed by atoms with van der Waals surface area (Å²) in [6, 6.07) is 6.43. The molecule has 0 saturated carbocycles. The first-order valence-corrected chi connectivity index (χ1v) is 11.1. The van der Waals surface area contributed by atoms with Crippen molar-refractivity contribution in [2.24, 2.45) is 0 Å². The summed E-state index contributed by atoms with van der Waals surface area (Å²) in [4.78, 5) is 41.2. The van der Waals surface area contributed by atoms with Gasteiger partial charge in [0.25, 0.3) is 11.5 Å². The highest BCUT2D eigenvalue weighted by Gasteiger charge is 2.29. The third-order valence-corrected chi connectivity index (χ3v) is 6.15. The highest BCUT2D eigenvalue weighted by Crippen LogP contribution is 2.33. The molecule has 3 aromatic rings. The lowest BCUT2D eigenvalue weighted by Crippen LogP contribution is -2.37. The normalized spacial score (nSPS) is 17.8. The molecule has 1 atom stereocenters. The SMILES string of the molecule is CN1CCn2c(nc(-c3ccncn3)cc2=O)C(NC(=O)c2cc(Br)cc3c2OCC3)C1. The molecule has 5 rings (SSSR count). The van der Waals surface area contributed by atoms with Crippen molar-refractivity contribution < 1.29 is 9.53 Å². The van der Waals surface area contributed by atoms with Gasteiger partial charge in [0.2, 0.25) is 0 Å². The highest BCUT2D eigenvalue weighted by atomic mass is 79.9. The fraction of sp³-hybridized carbons (Fsp3) is 0.318. The molecule has 10 heteroatoms. The Labute approximate surface area is 192 Å². The number of aromatic nitrogens is 4. The lowest BCUT2D eigenvalue weighted by molar-refractivity contribution is 0.0924. The van der Waals surface area contributed by atoms with E-state index in [-0.39, 0.29) is 11.5 Å². The van der Waals surface area contributed by atoms with Crippen molar-refractivity contribution in [1.29, 1.82) is 0 Å². The van der Waals surface area contributed by atoms with Crippen LogP contribution in [0.3, 0.4) is 0 Å². The van der Waals surface area contributed by atoms with Crippen LogP contribution in [0.5, 0.6) is 5.75 Å². The standard InChI is InChI=1S/C22H21BrN6O3/c1-28-5-6-29-19(30)10-17(16-2-4-24-12-25-16)26-21(29)18(11-28)27-22(31)15-9-14(23)8-13-3-7-32-20(13)15/h2,4,8-10,12,18H,3,5-7,11H2,1H3,(H,27,31). The Morgan fingerprint density at radius 1 is 1.25 bits per heavy atom. The van der Waals surface area contributed by atoms with E-state index >= 15 is 0 Å². The summed E-state index contributed by atoms with van der Waals surface area (Å²) < 4.78 is 8.18. The van der Waals surface area contributed by atoms with Crippen LogP contribution in [0.4, 0.5) is 0 Å². The fourth-order valence-corrected chi connectivity index (χ4v) is 4.63. The molecule has 2 aliphatic heterocycles. The van der Waals surface area contributed by atoms with Gasteiger partial charge in [0.05, 0.1) is 23.6 Å². The van der Waals surface area contributed by atoms with Gasteiger partial charge in [0.1, 0.15) is 23.9 Å². The third-order valence-electron chi connectivity index (χ3n) is 5.69. The van der Waals surface area contributed by atoms with Crippen LogP contribution in [0.15, 0.2) is 46.1 Å². The molecule has 0 fully saturated rings. The average molecular weight is 497 g/mol. The number of ether oxygens (including phenoxy) is 1. The molecule has 32 heavy (non-hydrogen) atoms. The van der Waals surface area contributed by atoms with E-state index in [0.29, 0.717) is 54.8 Å². The number of nitrogens with zero attached hydrogens (tertiary/aromatic N) is 5. The smallest absolute Gasteiger partial charge is 0.255 e. The molecule has 0 bridgehead atoms. The van der Waals surface area contributed by atoms with Crippen molar-refractivity contribution >= 4 is 21.8 Å². The van der Waals surface area contributed by atoms with E-state index in [1.54, 1.807) is 22.9 Å². The first-order chi connectivity index (χ1) is 15.5. The number of rotatable bonds is 3. The first-order valence-electron chi connectivity index (χ1n) is 10.3. The van der Waals surface area contributed by atoms with E-state index in [0.717, 1.165) is 16.5 Å². The number of carbonyl (C=O) groups is 1. The van der Waals surface area contributed by atoms with E-state index < -0.39 is 6.04 Å². The van der Waals surface area contributed by atoms with E-state index in [9.17, 15) is 9.59 Å². The van der Waals surface area contributed by atoms with Crippen LogP contribution in [0.1, 0.15) is 27.8 Å². The average Bonchev–Trinajstić information content (AvgIpc) is 3.19. The summed E-state index contributed by atoms with van der Waals surface area (Å²) in [5, 5.41) is 3.09. The number of benzene rings is 1. The van der Waals surface area contributed by atoms with E-state index in [4.69, 9.17) is 9.72 Å². The maximum Gasteiger partial charge on any atom is 0.255 e. The van der Waals surface area contributed by atoms with Gasteiger partial charge >= 0.3 is 0 Å². The molecule has 2 aromatic heterocycles. The Morgan fingerprint density at radius 3 is 2.94 bits per heavy atom. The zero-order chi connectivity index (χ0) is 22.2. The predicted octanol–water partition coefficient (Wildman–Crippen LogP) is 1.81.